The fourth-order valence-electron chi connectivity index (χ4n) is 1.62. The summed E-state index contributed by atoms with van der Waals surface area (Å²) in [6.45, 7) is 0. The second-order valence-corrected chi connectivity index (χ2v) is 4.81. The van der Waals surface area contributed by atoms with Gasteiger partial charge in [0.15, 0.2) is 6.29 Å². The van der Waals surface area contributed by atoms with E-state index >= 15 is 0 Å². The van der Waals surface area contributed by atoms with E-state index in [4.69, 9.17) is 4.74 Å². The number of rotatable bonds is 6. The van der Waals surface area contributed by atoms with Crippen molar-refractivity contribution in [3.05, 3.63) is 35.4 Å². The third-order valence-corrected chi connectivity index (χ3v) is 3.10. The first-order chi connectivity index (χ1) is 10.3. The molecular formula is C18H17IO2. The van der Waals surface area contributed by atoms with Crippen LogP contribution in [0.2, 0.25) is 0 Å². The Labute approximate surface area is 140 Å². The first-order valence-electron chi connectivity index (χ1n) is 6.68. The Morgan fingerprint density at radius 2 is 1.86 bits per heavy atom. The number of methoxy groups -OCH3 is 1. The molecule has 0 unspecified atom stereocenters. The summed E-state index contributed by atoms with van der Waals surface area (Å²) in [5.74, 6) is 9.75. The molecule has 108 valence electrons. The summed E-state index contributed by atoms with van der Waals surface area (Å²) in [7, 11) is 1.62. The van der Waals surface area contributed by atoms with Crippen molar-refractivity contribution in [2.45, 2.75) is 25.7 Å². The first-order valence-corrected chi connectivity index (χ1v) is 7.76. The van der Waals surface area contributed by atoms with Crippen LogP contribution in [0.1, 0.15) is 31.2 Å². The molecule has 0 atom stereocenters. The van der Waals surface area contributed by atoms with Crippen molar-refractivity contribution in [3.8, 4) is 27.4 Å². The lowest BCUT2D eigenvalue weighted by Gasteiger charge is -1.99. The van der Waals surface area contributed by atoms with E-state index in [1.54, 1.807) is 13.2 Å². The maximum Gasteiger partial charge on any atom is 0.158 e. The highest BCUT2D eigenvalue weighted by molar-refractivity contribution is 14.1. The van der Waals surface area contributed by atoms with E-state index < -0.39 is 0 Å². The summed E-state index contributed by atoms with van der Waals surface area (Å²) in [6, 6.07) is 7.51. The highest BCUT2D eigenvalue weighted by Gasteiger charge is 1.94. The van der Waals surface area contributed by atoms with Gasteiger partial charge in [0, 0.05) is 35.4 Å². The van der Waals surface area contributed by atoms with Crippen LogP contribution in [-0.4, -0.2) is 13.4 Å². The number of carbonyl (C=O) groups is 1. The van der Waals surface area contributed by atoms with Crippen molar-refractivity contribution in [2.75, 3.05) is 7.11 Å². The minimum atomic E-state index is 0.493. The Morgan fingerprint density at radius 1 is 1.19 bits per heavy atom. The standard InChI is InChI=1S/C18H17IO2/c1-21-18-11-9-16(10-12-18)14-17(15-20)8-6-4-2-3-5-7-13-19/h9-12,14-15H,2-5H2,1H3. The van der Waals surface area contributed by atoms with Crippen LogP contribution in [0.4, 0.5) is 0 Å². The van der Waals surface area contributed by atoms with Crippen LogP contribution in [-0.2, 0) is 4.79 Å². The van der Waals surface area contributed by atoms with Gasteiger partial charge in [0.05, 0.1) is 12.7 Å². The van der Waals surface area contributed by atoms with Crippen LogP contribution >= 0.6 is 22.6 Å². The third-order valence-electron chi connectivity index (χ3n) is 2.72. The molecule has 1 aromatic rings. The molecule has 3 heteroatoms. The molecule has 2 nitrogen and oxygen atoms in total. The van der Waals surface area contributed by atoms with Crippen LogP contribution in [0.5, 0.6) is 5.75 Å². The van der Waals surface area contributed by atoms with Crippen molar-refractivity contribution in [1.82, 2.24) is 0 Å². The molecular weight excluding hydrogens is 375 g/mol. The predicted molar refractivity (Wildman–Crippen MR) is 95.1 cm³/mol. The van der Waals surface area contributed by atoms with E-state index in [1.807, 2.05) is 46.9 Å². The Bertz CT molecular complexity index is 592. The molecule has 0 heterocycles. The maximum atomic E-state index is 11.0. The maximum absolute atomic E-state index is 11.0. The predicted octanol–water partition coefficient (Wildman–Crippen LogP) is 4.24. The number of allylic oxidation sites excluding steroid dienone is 1. The average Bonchev–Trinajstić information content (AvgIpc) is 2.53. The van der Waals surface area contributed by atoms with Crippen molar-refractivity contribution in [2.24, 2.45) is 0 Å². The van der Waals surface area contributed by atoms with Crippen LogP contribution in [0.15, 0.2) is 29.8 Å². The van der Waals surface area contributed by atoms with Crippen molar-refractivity contribution >= 4 is 35.0 Å². The van der Waals surface area contributed by atoms with Gasteiger partial charge in [-0.1, -0.05) is 29.9 Å². The molecule has 1 rings (SSSR count). The quantitative estimate of drug-likeness (QED) is 0.238. The molecule has 1 aromatic carbocycles. The Morgan fingerprint density at radius 3 is 2.43 bits per heavy atom. The lowest BCUT2D eigenvalue weighted by atomic mass is 10.1. The zero-order chi connectivity index (χ0) is 15.3. The average molecular weight is 392 g/mol. The normalized spacial score (nSPS) is 9.90. The molecule has 0 aromatic heterocycles. The minimum Gasteiger partial charge on any atom is -0.497 e. The Kier molecular flexibility index (Phi) is 9.08. The highest BCUT2D eigenvalue weighted by Crippen LogP contribution is 2.13. The molecule has 0 aliphatic rings. The van der Waals surface area contributed by atoms with Crippen LogP contribution in [0.3, 0.4) is 0 Å². The lowest BCUT2D eigenvalue weighted by Crippen LogP contribution is -1.84. The van der Waals surface area contributed by atoms with Gasteiger partial charge in [-0.15, -0.1) is 0 Å². The Balaban J connectivity index is 2.54. The van der Waals surface area contributed by atoms with Crippen molar-refractivity contribution < 1.29 is 9.53 Å². The number of halogens is 1. The molecule has 0 fully saturated rings. The summed E-state index contributed by atoms with van der Waals surface area (Å²) in [5, 5.41) is 0. The van der Waals surface area contributed by atoms with Gasteiger partial charge < -0.3 is 4.74 Å². The SMILES string of the molecule is COc1ccc(C=C(C#CCCCCC#CI)C=O)cc1. The van der Waals surface area contributed by atoms with Gasteiger partial charge >= 0.3 is 0 Å². The van der Waals surface area contributed by atoms with E-state index in [-0.39, 0.29) is 0 Å². The largest absolute Gasteiger partial charge is 0.497 e. The molecule has 0 N–H and O–H groups in total. The number of hydrogen-bond acceptors (Lipinski definition) is 2. The van der Waals surface area contributed by atoms with E-state index in [9.17, 15) is 4.79 Å². The number of benzene rings is 1. The zero-order valence-electron chi connectivity index (χ0n) is 12.0. The van der Waals surface area contributed by atoms with Gasteiger partial charge in [-0.05, 0) is 40.5 Å². The first kappa shape index (κ1) is 17.3. The van der Waals surface area contributed by atoms with Gasteiger partial charge in [0.2, 0.25) is 0 Å². The smallest absolute Gasteiger partial charge is 0.158 e. The van der Waals surface area contributed by atoms with Crippen LogP contribution in [0.25, 0.3) is 6.08 Å². The second kappa shape index (κ2) is 11.0. The Hall–Kier alpha value is -1.72. The lowest BCUT2D eigenvalue weighted by molar-refractivity contribution is -0.104. The van der Waals surface area contributed by atoms with E-state index in [1.165, 1.54) is 0 Å². The minimum absolute atomic E-state index is 0.493. The van der Waals surface area contributed by atoms with Crippen molar-refractivity contribution in [3.63, 3.8) is 0 Å². The van der Waals surface area contributed by atoms with Crippen molar-refractivity contribution in [1.29, 1.82) is 0 Å². The third kappa shape index (κ3) is 7.58. The van der Waals surface area contributed by atoms with Gasteiger partial charge in [-0.2, -0.15) is 0 Å². The fraction of sp³-hybridized carbons (Fsp3) is 0.278. The summed E-state index contributed by atoms with van der Waals surface area (Å²) < 4.78 is 7.93. The molecule has 0 bridgehead atoms. The van der Waals surface area contributed by atoms with Gasteiger partial charge in [0.1, 0.15) is 5.75 Å². The second-order valence-electron chi connectivity index (χ2n) is 4.27. The van der Waals surface area contributed by atoms with E-state index in [0.717, 1.165) is 43.3 Å². The molecule has 0 saturated heterocycles. The number of carbonyl (C=O) groups excluding carboxylic acids is 1. The molecule has 0 radical (unpaired) electrons. The molecule has 21 heavy (non-hydrogen) atoms. The molecule has 0 aliphatic carbocycles. The summed E-state index contributed by atoms with van der Waals surface area (Å²) in [4.78, 5) is 11.0. The van der Waals surface area contributed by atoms with Gasteiger partial charge in [0.25, 0.3) is 0 Å². The summed E-state index contributed by atoms with van der Waals surface area (Å²) in [5.41, 5.74) is 1.43. The number of hydrogen-bond donors (Lipinski definition) is 0. The number of aldehydes is 1. The number of unbranched alkanes of at least 4 members (excludes halogenated alkanes) is 3. The number of ether oxygens (including phenoxy) is 1. The summed E-state index contributed by atoms with van der Waals surface area (Å²) in [6.07, 6.45) is 6.32. The zero-order valence-corrected chi connectivity index (χ0v) is 14.1. The highest BCUT2D eigenvalue weighted by atomic mass is 127. The van der Waals surface area contributed by atoms with Crippen LogP contribution < -0.4 is 4.74 Å². The van der Waals surface area contributed by atoms with Gasteiger partial charge in [-0.3, -0.25) is 4.79 Å². The molecule has 0 amide bonds. The monoisotopic (exact) mass is 392 g/mol. The van der Waals surface area contributed by atoms with E-state index in [0.29, 0.717) is 5.57 Å². The fourth-order valence-corrected chi connectivity index (χ4v) is 1.89. The van der Waals surface area contributed by atoms with Crippen LogP contribution in [0, 0.1) is 21.7 Å². The van der Waals surface area contributed by atoms with E-state index in [2.05, 4.69) is 21.7 Å². The molecule has 0 aliphatic heterocycles. The summed E-state index contributed by atoms with van der Waals surface area (Å²) >= 11 is 2.04. The molecule has 0 spiro atoms. The molecule has 0 saturated carbocycles. The topological polar surface area (TPSA) is 26.3 Å². The van der Waals surface area contributed by atoms with Gasteiger partial charge in [-0.25, -0.2) is 0 Å².